The number of hydrogen-bond donors (Lipinski definition) is 2. The van der Waals surface area contributed by atoms with Crippen molar-refractivity contribution in [3.05, 3.63) is 34.7 Å². The highest BCUT2D eigenvalue weighted by Crippen LogP contribution is 2.29. The van der Waals surface area contributed by atoms with Gasteiger partial charge in [-0.2, -0.15) is 0 Å². The largest absolute Gasteiger partial charge is 0.380 e. The summed E-state index contributed by atoms with van der Waals surface area (Å²) < 4.78 is 5.13. The van der Waals surface area contributed by atoms with Crippen molar-refractivity contribution in [1.29, 1.82) is 0 Å². The number of aromatic nitrogens is 1. The number of halogens is 1. The molecule has 3 N–H and O–H groups in total. The minimum Gasteiger partial charge on any atom is -0.380 e. The summed E-state index contributed by atoms with van der Waals surface area (Å²) in [6.07, 6.45) is 4.84. The summed E-state index contributed by atoms with van der Waals surface area (Å²) in [4.78, 5) is 16.5. The number of carbonyl (C=O) groups is 1. The lowest BCUT2D eigenvalue weighted by atomic mass is 9.90. The quantitative estimate of drug-likeness (QED) is 0.803. The zero-order valence-corrected chi connectivity index (χ0v) is 15.9. The molecule has 0 spiro atoms. The molecule has 2 aromatic rings. The summed E-state index contributed by atoms with van der Waals surface area (Å²) in [5.41, 5.74) is 10.5. The number of aryl methyl sites for hydroxylation is 2. The molecule has 1 aromatic heterocycles. The summed E-state index contributed by atoms with van der Waals surface area (Å²) in [5, 5.41) is 5.42. The summed E-state index contributed by atoms with van der Waals surface area (Å²) in [6.45, 7) is 0.322. The molecule has 136 valence electrons. The number of hydrogen-bond acceptors (Lipinski definition) is 5. The van der Waals surface area contributed by atoms with Gasteiger partial charge >= 0.3 is 0 Å². The van der Waals surface area contributed by atoms with Crippen LogP contribution in [0, 0.1) is 0 Å². The number of ether oxygens (including phenoxy) is 1. The minimum absolute atomic E-state index is 0. The normalized spacial score (nSPS) is 14.3. The van der Waals surface area contributed by atoms with Crippen LogP contribution in [0.3, 0.4) is 0 Å². The Kier molecular flexibility index (Phi) is 7.38. The third-order valence-electron chi connectivity index (χ3n) is 4.40. The first-order valence-electron chi connectivity index (χ1n) is 8.30. The van der Waals surface area contributed by atoms with E-state index in [0.29, 0.717) is 11.7 Å². The van der Waals surface area contributed by atoms with Gasteiger partial charge in [-0.05, 0) is 42.9 Å². The second-order valence-corrected chi connectivity index (χ2v) is 6.93. The van der Waals surface area contributed by atoms with E-state index >= 15 is 0 Å². The molecule has 1 heterocycles. The molecule has 0 saturated heterocycles. The molecule has 0 aliphatic heterocycles. The van der Waals surface area contributed by atoms with Crippen molar-refractivity contribution in [1.82, 2.24) is 4.98 Å². The molecule has 7 heteroatoms. The summed E-state index contributed by atoms with van der Waals surface area (Å²) >= 11 is 1.44. The van der Waals surface area contributed by atoms with Crippen LogP contribution in [0.4, 0.5) is 5.13 Å². The van der Waals surface area contributed by atoms with Gasteiger partial charge in [-0.25, -0.2) is 4.98 Å². The average molecular weight is 382 g/mol. The van der Waals surface area contributed by atoms with Crippen LogP contribution < -0.4 is 11.1 Å². The Labute approximate surface area is 158 Å². The number of benzene rings is 1. The maximum absolute atomic E-state index is 12.0. The number of nitrogens with one attached hydrogen (secondary N) is 1. The number of fused-ring (bicyclic) bond motifs is 1. The van der Waals surface area contributed by atoms with Crippen molar-refractivity contribution in [2.45, 2.75) is 38.2 Å². The van der Waals surface area contributed by atoms with Crippen LogP contribution in [0.5, 0.6) is 0 Å². The van der Waals surface area contributed by atoms with Gasteiger partial charge in [0, 0.05) is 24.6 Å². The van der Waals surface area contributed by atoms with E-state index in [2.05, 4.69) is 28.5 Å². The molecule has 0 fully saturated rings. The molecule has 5 nitrogen and oxygen atoms in total. The van der Waals surface area contributed by atoms with Crippen LogP contribution in [-0.2, 0) is 22.4 Å². The van der Waals surface area contributed by atoms with Crippen molar-refractivity contribution >= 4 is 34.8 Å². The Hall–Kier alpha value is -1.47. The van der Waals surface area contributed by atoms with Gasteiger partial charge in [-0.1, -0.05) is 12.1 Å². The monoisotopic (exact) mass is 381 g/mol. The summed E-state index contributed by atoms with van der Waals surface area (Å²) in [5.74, 6) is -0.126. The topological polar surface area (TPSA) is 77.2 Å². The number of rotatable bonds is 6. The Morgan fingerprint density at radius 1 is 1.36 bits per heavy atom. The Morgan fingerprint density at radius 2 is 2.12 bits per heavy atom. The van der Waals surface area contributed by atoms with E-state index in [4.69, 9.17) is 10.5 Å². The zero-order valence-electron chi connectivity index (χ0n) is 14.3. The predicted octanol–water partition coefficient (Wildman–Crippen LogP) is 3.41. The van der Waals surface area contributed by atoms with Gasteiger partial charge < -0.3 is 15.8 Å². The van der Waals surface area contributed by atoms with E-state index in [1.165, 1.54) is 41.7 Å². The van der Waals surface area contributed by atoms with Crippen molar-refractivity contribution in [3.63, 3.8) is 0 Å². The van der Waals surface area contributed by atoms with Crippen molar-refractivity contribution < 1.29 is 9.53 Å². The number of nitrogens with two attached hydrogens (primary N) is 1. The fourth-order valence-corrected chi connectivity index (χ4v) is 3.73. The maximum Gasteiger partial charge on any atom is 0.228 e. The second-order valence-electron chi connectivity index (χ2n) is 6.07. The van der Waals surface area contributed by atoms with E-state index in [9.17, 15) is 4.79 Å². The molecule has 1 atom stereocenters. The molecule has 1 amide bonds. The molecule has 0 bridgehead atoms. The van der Waals surface area contributed by atoms with Crippen LogP contribution in [0.2, 0.25) is 0 Å². The van der Waals surface area contributed by atoms with Gasteiger partial charge in [0.2, 0.25) is 5.91 Å². The molecular weight excluding hydrogens is 358 g/mol. The van der Waals surface area contributed by atoms with Crippen LogP contribution in [0.25, 0.3) is 11.3 Å². The molecule has 0 saturated carbocycles. The maximum atomic E-state index is 12.0. The molecule has 0 radical (unpaired) electrons. The highest BCUT2D eigenvalue weighted by Gasteiger charge is 2.15. The SMILES string of the molecule is COC(CN)CC(=O)Nc1nc(-c2ccc3c(c2)CCCC3)cs1.Cl. The van der Waals surface area contributed by atoms with Crippen LogP contribution >= 0.6 is 23.7 Å². The summed E-state index contributed by atoms with van der Waals surface area (Å²) in [6, 6.07) is 6.58. The third-order valence-corrected chi connectivity index (χ3v) is 5.16. The number of amides is 1. The van der Waals surface area contributed by atoms with Crippen molar-refractivity contribution in [2.75, 3.05) is 19.0 Å². The lowest BCUT2D eigenvalue weighted by Crippen LogP contribution is -2.28. The van der Waals surface area contributed by atoms with Gasteiger partial charge in [-0.3, -0.25) is 4.79 Å². The second kappa shape index (κ2) is 9.29. The Balaban J connectivity index is 0.00000225. The first kappa shape index (κ1) is 19.8. The van der Waals surface area contributed by atoms with Crippen molar-refractivity contribution in [3.8, 4) is 11.3 Å². The summed E-state index contributed by atoms with van der Waals surface area (Å²) in [7, 11) is 1.56. The fraction of sp³-hybridized carbons (Fsp3) is 0.444. The van der Waals surface area contributed by atoms with E-state index < -0.39 is 0 Å². The lowest BCUT2D eigenvalue weighted by Gasteiger charge is -2.16. The Bertz CT molecular complexity index is 716. The number of methoxy groups -OCH3 is 1. The lowest BCUT2D eigenvalue weighted by molar-refractivity contribution is -0.118. The molecule has 1 unspecified atom stereocenters. The number of nitrogens with zero attached hydrogens (tertiary/aromatic N) is 1. The van der Waals surface area contributed by atoms with E-state index in [0.717, 1.165) is 17.7 Å². The fourth-order valence-electron chi connectivity index (χ4n) is 3.00. The molecule has 1 aromatic carbocycles. The van der Waals surface area contributed by atoms with E-state index in [1.807, 2.05) is 5.38 Å². The predicted molar refractivity (Wildman–Crippen MR) is 105 cm³/mol. The molecular formula is C18H24ClN3O2S. The molecule has 1 aliphatic carbocycles. The van der Waals surface area contributed by atoms with Gasteiger partial charge in [0.05, 0.1) is 18.2 Å². The van der Waals surface area contributed by atoms with E-state index in [1.54, 1.807) is 7.11 Å². The molecule has 25 heavy (non-hydrogen) atoms. The standard InChI is InChI=1S/C18H23N3O2S.ClH/c1-23-15(10-19)9-17(22)21-18-20-16(11-24-18)14-7-6-12-4-2-3-5-13(12)8-14;/h6-8,11,15H,2-5,9-10,19H2,1H3,(H,20,21,22);1H. The number of thiazole rings is 1. The molecule has 1 aliphatic rings. The van der Waals surface area contributed by atoms with Gasteiger partial charge in [0.1, 0.15) is 0 Å². The zero-order chi connectivity index (χ0) is 16.9. The minimum atomic E-state index is -0.259. The van der Waals surface area contributed by atoms with Gasteiger partial charge in [0.25, 0.3) is 0 Å². The smallest absolute Gasteiger partial charge is 0.228 e. The average Bonchev–Trinajstić information content (AvgIpc) is 3.07. The molecule has 3 rings (SSSR count). The van der Waals surface area contributed by atoms with Gasteiger partial charge in [-0.15, -0.1) is 23.7 Å². The highest BCUT2D eigenvalue weighted by atomic mass is 35.5. The van der Waals surface area contributed by atoms with Crippen LogP contribution in [0.15, 0.2) is 23.6 Å². The van der Waals surface area contributed by atoms with Gasteiger partial charge in [0.15, 0.2) is 5.13 Å². The van der Waals surface area contributed by atoms with Crippen molar-refractivity contribution in [2.24, 2.45) is 5.73 Å². The first-order valence-corrected chi connectivity index (χ1v) is 9.18. The third kappa shape index (κ3) is 5.01. The first-order chi connectivity index (χ1) is 11.7. The van der Waals surface area contributed by atoms with Crippen LogP contribution in [0.1, 0.15) is 30.4 Å². The van der Waals surface area contributed by atoms with Crippen LogP contribution in [-0.4, -0.2) is 30.6 Å². The number of anilines is 1. The number of carbonyl (C=O) groups excluding carboxylic acids is 1. The Morgan fingerprint density at radius 3 is 2.84 bits per heavy atom. The highest BCUT2D eigenvalue weighted by molar-refractivity contribution is 7.14. The van der Waals surface area contributed by atoms with E-state index in [-0.39, 0.29) is 30.8 Å².